The van der Waals surface area contributed by atoms with E-state index < -0.39 is 6.36 Å². The third-order valence-corrected chi connectivity index (χ3v) is 5.50. The Bertz CT molecular complexity index is 780. The zero-order valence-electron chi connectivity index (χ0n) is 16.3. The van der Waals surface area contributed by atoms with Crippen molar-refractivity contribution in [2.24, 2.45) is 10.9 Å². The molecule has 0 saturated carbocycles. The summed E-state index contributed by atoms with van der Waals surface area (Å²) in [7, 11) is 0. The molecule has 0 amide bonds. The van der Waals surface area contributed by atoms with Crippen LogP contribution in [0.2, 0.25) is 0 Å². The standard InChI is InChI=1S/C21H25F3N2OS/c1-5-8-15(6-2)19-13-18(20(28-19)25-7-3)14(4)26-16-9-11-17(12-10-16)27-21(22,23)24/h7,9-13,15,26H,3,5-6,8H2,1-2,4H3/b18-14+,25-20+. The average Bonchev–Trinajstić information content (AvgIpc) is 3.04. The van der Waals surface area contributed by atoms with Crippen LogP contribution in [0.1, 0.15) is 40.0 Å². The van der Waals surface area contributed by atoms with Crippen LogP contribution in [0.3, 0.4) is 0 Å². The number of allylic oxidation sites excluding steroid dienone is 3. The summed E-state index contributed by atoms with van der Waals surface area (Å²) in [5.41, 5.74) is 2.52. The van der Waals surface area contributed by atoms with E-state index in [9.17, 15) is 13.2 Å². The number of hydrogen-bond donors (Lipinski definition) is 1. The Morgan fingerprint density at radius 3 is 2.50 bits per heavy atom. The van der Waals surface area contributed by atoms with Gasteiger partial charge in [0, 0.05) is 23.2 Å². The minimum atomic E-state index is -4.69. The second-order valence-electron chi connectivity index (χ2n) is 6.40. The summed E-state index contributed by atoms with van der Waals surface area (Å²) in [5, 5.41) is 4.12. The highest BCUT2D eigenvalue weighted by atomic mass is 32.2. The van der Waals surface area contributed by atoms with Crippen LogP contribution in [0.25, 0.3) is 0 Å². The molecule has 0 bridgehead atoms. The first-order valence-corrected chi connectivity index (χ1v) is 10.0. The molecule has 1 atom stereocenters. The summed E-state index contributed by atoms with van der Waals surface area (Å²) in [5.74, 6) is 0.246. The van der Waals surface area contributed by atoms with Gasteiger partial charge in [-0.05, 0) is 60.9 Å². The van der Waals surface area contributed by atoms with E-state index in [4.69, 9.17) is 0 Å². The number of thioether (sulfide) groups is 1. The Morgan fingerprint density at radius 1 is 1.29 bits per heavy atom. The molecular weight excluding hydrogens is 385 g/mol. The van der Waals surface area contributed by atoms with Crippen molar-refractivity contribution in [3.05, 3.63) is 59.3 Å². The Hall–Kier alpha value is -2.15. The first-order valence-electron chi connectivity index (χ1n) is 9.19. The van der Waals surface area contributed by atoms with Crippen molar-refractivity contribution in [1.29, 1.82) is 0 Å². The van der Waals surface area contributed by atoms with Crippen molar-refractivity contribution in [1.82, 2.24) is 0 Å². The highest BCUT2D eigenvalue weighted by Crippen LogP contribution is 2.41. The normalized spacial score (nSPS) is 18.6. The maximum Gasteiger partial charge on any atom is 0.573 e. The van der Waals surface area contributed by atoms with E-state index >= 15 is 0 Å². The van der Waals surface area contributed by atoms with Crippen molar-refractivity contribution >= 4 is 22.5 Å². The lowest BCUT2D eigenvalue weighted by molar-refractivity contribution is -0.274. The molecule has 28 heavy (non-hydrogen) atoms. The van der Waals surface area contributed by atoms with Gasteiger partial charge >= 0.3 is 6.36 Å². The van der Waals surface area contributed by atoms with Gasteiger partial charge in [-0.25, -0.2) is 4.99 Å². The fraction of sp³-hybridized carbons (Fsp3) is 0.381. The number of nitrogens with one attached hydrogen (secondary N) is 1. The summed E-state index contributed by atoms with van der Waals surface area (Å²) < 4.78 is 40.8. The Balaban J connectivity index is 2.24. The monoisotopic (exact) mass is 410 g/mol. The van der Waals surface area contributed by atoms with Gasteiger partial charge in [0.2, 0.25) is 0 Å². The lowest BCUT2D eigenvalue weighted by atomic mass is 9.99. The fourth-order valence-corrected chi connectivity index (χ4v) is 4.27. The third-order valence-electron chi connectivity index (χ3n) is 4.30. The predicted molar refractivity (Wildman–Crippen MR) is 111 cm³/mol. The Labute approximate surface area is 168 Å². The van der Waals surface area contributed by atoms with Crippen molar-refractivity contribution in [3.63, 3.8) is 0 Å². The van der Waals surface area contributed by atoms with Crippen LogP contribution < -0.4 is 10.1 Å². The number of halogens is 3. The predicted octanol–water partition coefficient (Wildman–Crippen LogP) is 7.27. The summed E-state index contributed by atoms with van der Waals surface area (Å²) in [6.45, 7) is 9.98. The molecule has 0 aliphatic carbocycles. The smallest absolute Gasteiger partial charge is 0.406 e. The van der Waals surface area contributed by atoms with Gasteiger partial charge in [0.05, 0.1) is 0 Å². The first kappa shape index (κ1) is 22.1. The molecule has 0 spiro atoms. The molecule has 0 fully saturated rings. The zero-order chi connectivity index (χ0) is 20.7. The summed E-state index contributed by atoms with van der Waals surface area (Å²) in [4.78, 5) is 5.68. The van der Waals surface area contributed by atoms with Crippen LogP contribution in [-0.4, -0.2) is 11.4 Å². The van der Waals surface area contributed by atoms with Crippen LogP contribution in [0, 0.1) is 5.92 Å². The average molecular weight is 411 g/mol. The minimum Gasteiger partial charge on any atom is -0.406 e. The van der Waals surface area contributed by atoms with Crippen molar-refractivity contribution in [2.45, 2.75) is 46.4 Å². The molecule has 1 unspecified atom stereocenters. The van der Waals surface area contributed by atoms with Gasteiger partial charge < -0.3 is 10.1 Å². The Kier molecular flexibility index (Phi) is 7.80. The van der Waals surface area contributed by atoms with Gasteiger partial charge in [0.1, 0.15) is 10.8 Å². The molecule has 152 valence electrons. The fourth-order valence-electron chi connectivity index (χ4n) is 2.97. The highest BCUT2D eigenvalue weighted by molar-refractivity contribution is 8.18. The van der Waals surface area contributed by atoms with Crippen molar-refractivity contribution < 1.29 is 17.9 Å². The second kappa shape index (κ2) is 9.87. The summed E-state index contributed by atoms with van der Waals surface area (Å²) in [6, 6.07) is 5.67. The van der Waals surface area contributed by atoms with E-state index in [0.29, 0.717) is 11.6 Å². The number of aliphatic imine (C=N–C) groups is 1. The zero-order valence-corrected chi connectivity index (χ0v) is 17.1. The lowest BCUT2D eigenvalue weighted by Crippen LogP contribution is -2.17. The maximum absolute atomic E-state index is 12.3. The van der Waals surface area contributed by atoms with Crippen molar-refractivity contribution in [3.8, 4) is 5.75 Å². The first-order chi connectivity index (χ1) is 13.3. The number of benzene rings is 1. The molecule has 3 nitrogen and oxygen atoms in total. The molecule has 7 heteroatoms. The van der Waals surface area contributed by atoms with Crippen molar-refractivity contribution in [2.75, 3.05) is 5.32 Å². The SMILES string of the molecule is C=C/N=C1/SC(C(CC)CCC)=C/C1=C(/C)Nc1ccc(OC(F)(F)F)cc1. The van der Waals surface area contributed by atoms with Crippen LogP contribution in [0.5, 0.6) is 5.75 Å². The molecule has 1 aliphatic heterocycles. The van der Waals surface area contributed by atoms with E-state index in [2.05, 4.69) is 41.5 Å². The molecule has 0 aromatic heterocycles. The molecule has 2 rings (SSSR count). The number of nitrogens with zero attached hydrogens (tertiary/aromatic N) is 1. The van der Waals surface area contributed by atoms with E-state index in [1.165, 1.54) is 23.2 Å². The number of alkyl halides is 3. The maximum atomic E-state index is 12.3. The van der Waals surface area contributed by atoms with Gasteiger partial charge in [-0.15, -0.1) is 13.2 Å². The second-order valence-corrected chi connectivity index (χ2v) is 7.46. The molecule has 1 heterocycles. The van der Waals surface area contributed by atoms with E-state index in [-0.39, 0.29) is 5.75 Å². The van der Waals surface area contributed by atoms with Gasteiger partial charge in [-0.1, -0.05) is 38.6 Å². The van der Waals surface area contributed by atoms with E-state index in [1.807, 2.05) is 6.92 Å². The third kappa shape index (κ3) is 6.19. The lowest BCUT2D eigenvalue weighted by Gasteiger charge is -2.13. The van der Waals surface area contributed by atoms with Crippen LogP contribution >= 0.6 is 11.8 Å². The largest absolute Gasteiger partial charge is 0.573 e. The molecule has 1 aromatic rings. The molecular formula is C21H25F3N2OS. The molecule has 1 aliphatic rings. The molecule has 0 saturated heterocycles. The van der Waals surface area contributed by atoms with E-state index in [0.717, 1.165) is 35.6 Å². The number of anilines is 1. The molecule has 1 N–H and O–H groups in total. The molecule has 0 radical (unpaired) electrons. The topological polar surface area (TPSA) is 33.6 Å². The summed E-state index contributed by atoms with van der Waals surface area (Å²) in [6.07, 6.45) is 2.29. The van der Waals surface area contributed by atoms with E-state index in [1.54, 1.807) is 23.9 Å². The number of ether oxygens (including phenoxy) is 1. The van der Waals surface area contributed by atoms with Crippen LogP contribution in [-0.2, 0) is 0 Å². The minimum absolute atomic E-state index is 0.249. The van der Waals surface area contributed by atoms with Gasteiger partial charge in [-0.2, -0.15) is 0 Å². The van der Waals surface area contributed by atoms with Crippen LogP contribution in [0.15, 0.2) is 64.3 Å². The highest BCUT2D eigenvalue weighted by Gasteiger charge is 2.31. The summed E-state index contributed by atoms with van der Waals surface area (Å²) >= 11 is 1.66. The number of rotatable bonds is 8. The van der Waals surface area contributed by atoms with Gasteiger partial charge in [0.15, 0.2) is 0 Å². The Morgan fingerprint density at radius 2 is 1.96 bits per heavy atom. The number of hydrogen-bond acceptors (Lipinski definition) is 4. The van der Waals surface area contributed by atoms with Gasteiger partial charge in [-0.3, -0.25) is 0 Å². The quantitative estimate of drug-likeness (QED) is 0.489. The van der Waals surface area contributed by atoms with Gasteiger partial charge in [0.25, 0.3) is 0 Å². The molecule has 1 aromatic carbocycles. The van der Waals surface area contributed by atoms with Crippen LogP contribution in [0.4, 0.5) is 18.9 Å².